The molecule has 0 saturated carbocycles. The number of hydrogen-bond acceptors (Lipinski definition) is 2. The Balaban J connectivity index is 4.00. The molecule has 0 aromatic carbocycles. The van der Waals surface area contributed by atoms with Crippen molar-refractivity contribution in [2.24, 2.45) is 5.92 Å². The summed E-state index contributed by atoms with van der Waals surface area (Å²) in [6, 6.07) is 0. The smallest absolute Gasteiger partial charge is 0.191 e. The van der Waals surface area contributed by atoms with Gasteiger partial charge in [0.2, 0.25) is 0 Å². The number of allylic oxidation sites excluding steroid dienone is 1. The van der Waals surface area contributed by atoms with Gasteiger partial charge in [-0.25, -0.2) is 0 Å². The van der Waals surface area contributed by atoms with Crippen LogP contribution in [-0.2, 0) is 4.43 Å². The Morgan fingerprint density at radius 3 is 2.25 bits per heavy atom. The lowest BCUT2D eigenvalue weighted by Crippen LogP contribution is -2.41. The van der Waals surface area contributed by atoms with Crippen LogP contribution in [0, 0.1) is 5.92 Å². The van der Waals surface area contributed by atoms with Crippen molar-refractivity contribution >= 4 is 8.32 Å². The van der Waals surface area contributed by atoms with Crippen molar-refractivity contribution in [2.45, 2.75) is 52.2 Å². The topological polar surface area (TPSA) is 29.5 Å². The highest BCUT2D eigenvalue weighted by Crippen LogP contribution is 2.36. The molecule has 3 heteroatoms. The molecule has 1 unspecified atom stereocenters. The average Bonchev–Trinajstić information content (AvgIpc) is 2.13. The Morgan fingerprint density at radius 2 is 1.81 bits per heavy atom. The quantitative estimate of drug-likeness (QED) is 0.571. The van der Waals surface area contributed by atoms with Crippen LogP contribution in [0.3, 0.4) is 0 Å². The first-order chi connectivity index (χ1) is 7.20. The second-order valence-electron chi connectivity index (χ2n) is 6.07. The monoisotopic (exact) mass is 244 g/mol. The number of aliphatic hydroxyl groups is 1. The summed E-state index contributed by atoms with van der Waals surface area (Å²) in [5.74, 6) is 0.525. The summed E-state index contributed by atoms with van der Waals surface area (Å²) in [6.07, 6.45) is 4.80. The van der Waals surface area contributed by atoms with Crippen molar-refractivity contribution in [3.8, 4) is 0 Å². The van der Waals surface area contributed by atoms with Gasteiger partial charge in [-0.05, 0) is 30.5 Å². The Kier molecular flexibility index (Phi) is 6.52. The van der Waals surface area contributed by atoms with Crippen molar-refractivity contribution in [3.05, 3.63) is 12.2 Å². The molecule has 0 saturated heterocycles. The summed E-state index contributed by atoms with van der Waals surface area (Å²) >= 11 is 0. The van der Waals surface area contributed by atoms with Gasteiger partial charge >= 0.3 is 0 Å². The zero-order chi connectivity index (χ0) is 12.8. The maximum absolute atomic E-state index is 8.63. The first-order valence-corrected chi connectivity index (χ1v) is 9.01. The van der Waals surface area contributed by atoms with Crippen LogP contribution in [0.15, 0.2) is 12.2 Å². The predicted molar refractivity (Wildman–Crippen MR) is 73.2 cm³/mol. The first-order valence-electron chi connectivity index (χ1n) is 6.10. The highest BCUT2D eigenvalue weighted by atomic mass is 28.4. The van der Waals surface area contributed by atoms with Gasteiger partial charge in [0.25, 0.3) is 0 Å². The SMILES string of the molecule is CC(C/C=C/CO)CO[Si](C)(C)C(C)(C)C. The van der Waals surface area contributed by atoms with Crippen LogP contribution in [-0.4, -0.2) is 26.6 Å². The zero-order valence-corrected chi connectivity index (χ0v) is 12.7. The minimum Gasteiger partial charge on any atom is -0.417 e. The molecule has 0 rings (SSSR count). The van der Waals surface area contributed by atoms with E-state index in [1.54, 1.807) is 6.08 Å². The van der Waals surface area contributed by atoms with Gasteiger partial charge in [0.05, 0.1) is 6.61 Å². The molecule has 96 valence electrons. The van der Waals surface area contributed by atoms with Crippen LogP contribution >= 0.6 is 0 Å². The average molecular weight is 244 g/mol. The second-order valence-corrected chi connectivity index (χ2v) is 10.9. The molecule has 0 aromatic rings. The standard InChI is InChI=1S/C13H28O2Si/c1-12(9-7-8-10-14)11-15-16(5,6)13(2,3)4/h7-8,12,14H,9-11H2,1-6H3/b8-7+. The summed E-state index contributed by atoms with van der Waals surface area (Å²) in [5.41, 5.74) is 0. The molecule has 2 nitrogen and oxygen atoms in total. The number of aliphatic hydroxyl groups excluding tert-OH is 1. The molecule has 0 radical (unpaired) electrons. The van der Waals surface area contributed by atoms with E-state index in [2.05, 4.69) is 40.8 Å². The first kappa shape index (κ1) is 15.9. The fourth-order valence-corrected chi connectivity index (χ4v) is 2.17. The molecule has 1 atom stereocenters. The van der Waals surface area contributed by atoms with Crippen LogP contribution in [0.1, 0.15) is 34.1 Å². The predicted octanol–water partition coefficient (Wildman–Crippen LogP) is 3.58. The van der Waals surface area contributed by atoms with Gasteiger partial charge < -0.3 is 9.53 Å². The maximum Gasteiger partial charge on any atom is 0.191 e. The summed E-state index contributed by atoms with van der Waals surface area (Å²) in [5, 5.41) is 8.92. The molecule has 1 N–H and O–H groups in total. The van der Waals surface area contributed by atoms with Crippen molar-refractivity contribution in [2.75, 3.05) is 13.2 Å². The van der Waals surface area contributed by atoms with Crippen molar-refractivity contribution < 1.29 is 9.53 Å². The molecule has 0 bridgehead atoms. The number of rotatable bonds is 6. The van der Waals surface area contributed by atoms with E-state index in [4.69, 9.17) is 9.53 Å². The van der Waals surface area contributed by atoms with Crippen molar-refractivity contribution in [3.63, 3.8) is 0 Å². The van der Waals surface area contributed by atoms with Gasteiger partial charge in [0, 0.05) is 6.61 Å². The Bertz CT molecular complexity index is 216. The Labute approximate surface area is 102 Å². The fourth-order valence-electron chi connectivity index (χ4n) is 1.04. The molecule has 0 aliphatic heterocycles. The van der Waals surface area contributed by atoms with Gasteiger partial charge in [0.15, 0.2) is 8.32 Å². The van der Waals surface area contributed by atoms with Gasteiger partial charge in [0.1, 0.15) is 0 Å². The minimum absolute atomic E-state index is 0.135. The van der Waals surface area contributed by atoms with Crippen LogP contribution in [0.4, 0.5) is 0 Å². The van der Waals surface area contributed by atoms with E-state index < -0.39 is 8.32 Å². The van der Waals surface area contributed by atoms with Crippen molar-refractivity contribution in [1.82, 2.24) is 0 Å². The highest BCUT2D eigenvalue weighted by molar-refractivity contribution is 6.74. The lowest BCUT2D eigenvalue weighted by Gasteiger charge is -2.36. The summed E-state index contributed by atoms with van der Waals surface area (Å²) in [4.78, 5) is 0. The zero-order valence-electron chi connectivity index (χ0n) is 11.7. The molecule has 0 aliphatic carbocycles. The molecule has 0 heterocycles. The number of hydrogen-bond donors (Lipinski definition) is 1. The third-order valence-electron chi connectivity index (χ3n) is 3.35. The van der Waals surface area contributed by atoms with Crippen LogP contribution < -0.4 is 0 Å². The molecule has 0 fully saturated rings. The molecule has 0 aliphatic rings. The molecular formula is C13H28O2Si. The van der Waals surface area contributed by atoms with E-state index >= 15 is 0 Å². The van der Waals surface area contributed by atoms with Crippen LogP contribution in [0.25, 0.3) is 0 Å². The van der Waals surface area contributed by atoms with Gasteiger partial charge in [-0.3, -0.25) is 0 Å². The largest absolute Gasteiger partial charge is 0.417 e. The van der Waals surface area contributed by atoms with Gasteiger partial charge in [-0.15, -0.1) is 0 Å². The molecular weight excluding hydrogens is 216 g/mol. The fraction of sp³-hybridized carbons (Fsp3) is 0.846. The van der Waals surface area contributed by atoms with E-state index in [-0.39, 0.29) is 11.6 Å². The van der Waals surface area contributed by atoms with E-state index in [1.165, 1.54) is 0 Å². The van der Waals surface area contributed by atoms with Crippen LogP contribution in [0.2, 0.25) is 18.1 Å². The van der Waals surface area contributed by atoms with Gasteiger partial charge in [-0.2, -0.15) is 0 Å². The van der Waals surface area contributed by atoms with E-state index in [9.17, 15) is 0 Å². The molecule has 0 spiro atoms. The molecule has 16 heavy (non-hydrogen) atoms. The van der Waals surface area contributed by atoms with E-state index in [1.807, 2.05) is 6.08 Å². The van der Waals surface area contributed by atoms with E-state index in [0.717, 1.165) is 13.0 Å². The minimum atomic E-state index is -1.59. The second kappa shape index (κ2) is 6.57. The molecule has 0 amide bonds. The van der Waals surface area contributed by atoms with Gasteiger partial charge in [-0.1, -0.05) is 39.8 Å². The maximum atomic E-state index is 8.63. The highest BCUT2D eigenvalue weighted by Gasteiger charge is 2.37. The summed E-state index contributed by atoms with van der Waals surface area (Å²) < 4.78 is 6.13. The summed E-state index contributed by atoms with van der Waals surface area (Å²) in [7, 11) is -1.59. The molecule has 0 aromatic heterocycles. The Morgan fingerprint density at radius 1 is 1.25 bits per heavy atom. The van der Waals surface area contributed by atoms with Crippen molar-refractivity contribution in [1.29, 1.82) is 0 Å². The Hall–Kier alpha value is -0.123. The third-order valence-corrected chi connectivity index (χ3v) is 7.85. The third kappa shape index (κ3) is 5.82. The lowest BCUT2D eigenvalue weighted by molar-refractivity contribution is 0.238. The van der Waals surface area contributed by atoms with E-state index in [0.29, 0.717) is 5.92 Å². The summed E-state index contributed by atoms with van der Waals surface area (Å²) in [6.45, 7) is 14.5. The van der Waals surface area contributed by atoms with Crippen LogP contribution in [0.5, 0.6) is 0 Å². The lowest BCUT2D eigenvalue weighted by atomic mass is 10.1. The normalized spacial score (nSPS) is 15.7.